The molecule has 2 N–H and O–H groups in total. The molecule has 7 heteroatoms. The molecule has 2 aliphatic rings. The quantitative estimate of drug-likeness (QED) is 0.831. The summed E-state index contributed by atoms with van der Waals surface area (Å²) in [4.78, 5) is 14.6. The van der Waals surface area contributed by atoms with Crippen molar-refractivity contribution < 1.29 is 13.2 Å². The van der Waals surface area contributed by atoms with Gasteiger partial charge in [0.15, 0.2) is 0 Å². The van der Waals surface area contributed by atoms with Crippen LogP contribution in [0.15, 0.2) is 29.2 Å². The van der Waals surface area contributed by atoms with Gasteiger partial charge in [-0.3, -0.25) is 4.79 Å². The number of hydrogen-bond acceptors (Lipinski definition) is 4. The maximum Gasteiger partial charge on any atom is 0.243 e. The lowest BCUT2D eigenvalue weighted by Gasteiger charge is -2.30. The standard InChI is InChI=1S/C20H31N3O3S/c21-18-6-5-13-22(16-18)20(24)12-9-17-7-10-19(11-8-17)27(25,26)23-14-3-1-2-4-15-23/h7-8,10-11,18H,1-6,9,12-16,21H2. The van der Waals surface area contributed by atoms with Gasteiger partial charge in [-0.25, -0.2) is 8.42 Å². The Labute approximate surface area is 162 Å². The van der Waals surface area contributed by atoms with Crippen LogP contribution in [-0.2, 0) is 21.2 Å². The number of piperidine rings is 1. The Morgan fingerprint density at radius 2 is 1.67 bits per heavy atom. The van der Waals surface area contributed by atoms with E-state index in [1.165, 1.54) is 0 Å². The Hall–Kier alpha value is -1.44. The molecule has 1 unspecified atom stereocenters. The maximum atomic E-state index is 12.8. The smallest absolute Gasteiger partial charge is 0.243 e. The zero-order valence-electron chi connectivity index (χ0n) is 16.0. The van der Waals surface area contributed by atoms with E-state index in [0.717, 1.165) is 50.6 Å². The Morgan fingerprint density at radius 1 is 1.00 bits per heavy atom. The zero-order valence-corrected chi connectivity index (χ0v) is 16.8. The number of nitrogens with zero attached hydrogens (tertiary/aromatic N) is 2. The van der Waals surface area contributed by atoms with Crippen LogP contribution in [0.5, 0.6) is 0 Å². The lowest BCUT2D eigenvalue weighted by atomic mass is 10.0. The van der Waals surface area contributed by atoms with Crippen molar-refractivity contribution in [3.63, 3.8) is 0 Å². The largest absolute Gasteiger partial charge is 0.341 e. The Balaban J connectivity index is 1.57. The fourth-order valence-electron chi connectivity index (χ4n) is 3.91. The number of sulfonamides is 1. The van der Waals surface area contributed by atoms with Gasteiger partial charge < -0.3 is 10.6 Å². The zero-order chi connectivity index (χ0) is 19.3. The van der Waals surface area contributed by atoms with E-state index in [2.05, 4.69) is 0 Å². The first-order valence-electron chi connectivity index (χ1n) is 10.1. The molecule has 0 radical (unpaired) electrons. The molecule has 2 aliphatic heterocycles. The third-order valence-corrected chi connectivity index (χ3v) is 7.48. The van der Waals surface area contributed by atoms with E-state index >= 15 is 0 Å². The van der Waals surface area contributed by atoms with E-state index in [9.17, 15) is 13.2 Å². The highest BCUT2D eigenvalue weighted by atomic mass is 32.2. The third kappa shape index (κ3) is 5.30. The molecule has 0 bridgehead atoms. The molecule has 0 spiro atoms. The number of aryl methyl sites for hydroxylation is 1. The molecule has 6 nitrogen and oxygen atoms in total. The second-order valence-corrected chi connectivity index (χ2v) is 9.64. The molecule has 150 valence electrons. The van der Waals surface area contributed by atoms with Crippen molar-refractivity contribution in [2.45, 2.75) is 62.3 Å². The van der Waals surface area contributed by atoms with Crippen LogP contribution in [0, 0.1) is 0 Å². The number of likely N-dealkylation sites (tertiary alicyclic amines) is 1. The van der Waals surface area contributed by atoms with Gasteiger partial charge in [0.1, 0.15) is 0 Å². The van der Waals surface area contributed by atoms with Gasteiger partial charge in [-0.15, -0.1) is 0 Å². The average Bonchev–Trinajstić information content (AvgIpc) is 2.96. The predicted octanol–water partition coefficient (Wildman–Crippen LogP) is 2.13. The van der Waals surface area contributed by atoms with E-state index in [1.807, 2.05) is 17.0 Å². The minimum atomic E-state index is -3.41. The minimum Gasteiger partial charge on any atom is -0.341 e. The molecule has 1 aromatic rings. The summed E-state index contributed by atoms with van der Waals surface area (Å²) in [5.41, 5.74) is 6.93. The summed E-state index contributed by atoms with van der Waals surface area (Å²) in [6, 6.07) is 7.11. The SMILES string of the molecule is NC1CCCN(C(=O)CCc2ccc(S(=O)(=O)N3CCCCCC3)cc2)C1. The molecule has 2 heterocycles. The van der Waals surface area contributed by atoms with Crippen molar-refractivity contribution in [2.24, 2.45) is 5.73 Å². The van der Waals surface area contributed by atoms with Crippen LogP contribution in [-0.4, -0.2) is 55.8 Å². The van der Waals surface area contributed by atoms with E-state index in [1.54, 1.807) is 16.4 Å². The molecule has 1 atom stereocenters. The summed E-state index contributed by atoms with van der Waals surface area (Å²) in [6.45, 7) is 2.65. The number of carbonyl (C=O) groups excluding carboxylic acids is 1. The van der Waals surface area contributed by atoms with Gasteiger partial charge in [0.2, 0.25) is 15.9 Å². The molecule has 3 rings (SSSR count). The van der Waals surface area contributed by atoms with E-state index in [-0.39, 0.29) is 11.9 Å². The molecular formula is C20H31N3O3S. The molecule has 1 amide bonds. The summed E-state index contributed by atoms with van der Waals surface area (Å²) in [5, 5.41) is 0. The van der Waals surface area contributed by atoms with Crippen LogP contribution in [0.2, 0.25) is 0 Å². The van der Waals surface area contributed by atoms with Gasteiger partial charge in [0.05, 0.1) is 4.90 Å². The van der Waals surface area contributed by atoms with Gasteiger partial charge in [0.25, 0.3) is 0 Å². The fourth-order valence-corrected chi connectivity index (χ4v) is 5.42. The van der Waals surface area contributed by atoms with Crippen molar-refractivity contribution >= 4 is 15.9 Å². The second kappa shape index (κ2) is 9.17. The van der Waals surface area contributed by atoms with E-state index in [4.69, 9.17) is 5.73 Å². The summed E-state index contributed by atoms with van der Waals surface area (Å²) in [5.74, 6) is 0.131. The summed E-state index contributed by atoms with van der Waals surface area (Å²) in [7, 11) is -3.41. The van der Waals surface area contributed by atoms with Crippen LogP contribution in [0.4, 0.5) is 0 Å². The molecular weight excluding hydrogens is 362 g/mol. The lowest BCUT2D eigenvalue weighted by molar-refractivity contribution is -0.132. The van der Waals surface area contributed by atoms with Crippen molar-refractivity contribution in [3.8, 4) is 0 Å². The Bertz CT molecular complexity index is 725. The molecule has 0 saturated carbocycles. The van der Waals surface area contributed by atoms with Crippen molar-refractivity contribution in [2.75, 3.05) is 26.2 Å². The number of nitrogens with two attached hydrogens (primary N) is 1. The van der Waals surface area contributed by atoms with Crippen molar-refractivity contribution in [1.29, 1.82) is 0 Å². The molecule has 27 heavy (non-hydrogen) atoms. The fraction of sp³-hybridized carbons (Fsp3) is 0.650. The number of amides is 1. The topological polar surface area (TPSA) is 83.7 Å². The van der Waals surface area contributed by atoms with Crippen LogP contribution < -0.4 is 5.73 Å². The highest BCUT2D eigenvalue weighted by Crippen LogP contribution is 2.21. The third-order valence-electron chi connectivity index (χ3n) is 5.56. The van der Waals surface area contributed by atoms with Gasteiger partial charge in [-0.1, -0.05) is 25.0 Å². The Morgan fingerprint density at radius 3 is 2.30 bits per heavy atom. The lowest BCUT2D eigenvalue weighted by Crippen LogP contribution is -2.45. The van der Waals surface area contributed by atoms with Gasteiger partial charge in [-0.2, -0.15) is 4.31 Å². The first kappa shape index (κ1) is 20.3. The van der Waals surface area contributed by atoms with Crippen LogP contribution in [0.25, 0.3) is 0 Å². The highest BCUT2D eigenvalue weighted by Gasteiger charge is 2.25. The molecule has 2 saturated heterocycles. The summed E-state index contributed by atoms with van der Waals surface area (Å²) < 4.78 is 27.2. The first-order valence-corrected chi connectivity index (χ1v) is 11.5. The predicted molar refractivity (Wildman–Crippen MR) is 106 cm³/mol. The van der Waals surface area contributed by atoms with Crippen LogP contribution >= 0.6 is 0 Å². The van der Waals surface area contributed by atoms with Crippen LogP contribution in [0.1, 0.15) is 50.5 Å². The maximum absolute atomic E-state index is 12.8. The van der Waals surface area contributed by atoms with Gasteiger partial charge in [-0.05, 0) is 49.8 Å². The number of benzene rings is 1. The average molecular weight is 394 g/mol. The summed E-state index contributed by atoms with van der Waals surface area (Å²) in [6.07, 6.45) is 7.06. The van der Waals surface area contributed by atoms with Crippen LogP contribution in [0.3, 0.4) is 0 Å². The minimum absolute atomic E-state index is 0.0891. The number of rotatable bonds is 5. The molecule has 0 aliphatic carbocycles. The van der Waals surface area contributed by atoms with Crippen molar-refractivity contribution in [1.82, 2.24) is 9.21 Å². The molecule has 2 fully saturated rings. The Kier molecular flexibility index (Phi) is 6.89. The monoisotopic (exact) mass is 393 g/mol. The normalized spacial score (nSPS) is 22.4. The van der Waals surface area contributed by atoms with E-state index in [0.29, 0.717) is 37.4 Å². The number of carbonyl (C=O) groups is 1. The highest BCUT2D eigenvalue weighted by molar-refractivity contribution is 7.89. The van der Waals surface area contributed by atoms with E-state index < -0.39 is 10.0 Å². The second-order valence-electron chi connectivity index (χ2n) is 7.70. The van der Waals surface area contributed by atoms with Gasteiger partial charge >= 0.3 is 0 Å². The number of hydrogen-bond donors (Lipinski definition) is 1. The van der Waals surface area contributed by atoms with Gasteiger partial charge in [0, 0.05) is 38.6 Å². The first-order chi connectivity index (χ1) is 13.0. The summed E-state index contributed by atoms with van der Waals surface area (Å²) >= 11 is 0. The van der Waals surface area contributed by atoms with Crippen molar-refractivity contribution in [3.05, 3.63) is 29.8 Å². The molecule has 1 aromatic carbocycles. The molecule has 0 aromatic heterocycles.